The van der Waals surface area contributed by atoms with Crippen molar-refractivity contribution >= 4 is 21.6 Å². The van der Waals surface area contributed by atoms with E-state index in [-0.39, 0.29) is 0 Å². The molecule has 1 aliphatic rings. The first-order valence-electron chi connectivity index (χ1n) is 6.23. The Kier molecular flexibility index (Phi) is 4.30. The van der Waals surface area contributed by atoms with E-state index in [2.05, 4.69) is 0 Å². The molecule has 0 bridgehead atoms. The van der Waals surface area contributed by atoms with Gasteiger partial charge in [-0.2, -0.15) is 4.31 Å². The number of nitrogens with zero attached hydrogens (tertiary/aromatic N) is 1. The van der Waals surface area contributed by atoms with Crippen LogP contribution in [0, 0.1) is 5.92 Å². The molecule has 0 heterocycles. The molecular formula is C13H18ClNO2S. The lowest BCUT2D eigenvalue weighted by Crippen LogP contribution is -2.32. The minimum Gasteiger partial charge on any atom is -0.207 e. The predicted molar refractivity (Wildman–Crippen MR) is 73.2 cm³/mol. The van der Waals surface area contributed by atoms with Gasteiger partial charge in [0.1, 0.15) is 0 Å². The lowest BCUT2D eigenvalue weighted by Gasteiger charge is -2.20. The van der Waals surface area contributed by atoms with E-state index < -0.39 is 10.0 Å². The molecule has 0 saturated heterocycles. The van der Waals surface area contributed by atoms with Crippen molar-refractivity contribution in [3.05, 3.63) is 29.8 Å². The number of rotatable bonds is 6. The van der Waals surface area contributed by atoms with Gasteiger partial charge in [-0.3, -0.25) is 0 Å². The fourth-order valence-corrected chi connectivity index (χ4v) is 3.59. The van der Waals surface area contributed by atoms with Gasteiger partial charge in [-0.15, -0.1) is 11.6 Å². The highest BCUT2D eigenvalue weighted by molar-refractivity contribution is 7.89. The summed E-state index contributed by atoms with van der Waals surface area (Å²) >= 11 is 5.70. The van der Waals surface area contributed by atoms with E-state index >= 15 is 0 Å². The molecule has 1 aromatic rings. The first kappa shape index (κ1) is 13.8. The molecule has 0 amide bonds. The van der Waals surface area contributed by atoms with Crippen LogP contribution < -0.4 is 0 Å². The third-order valence-electron chi connectivity index (χ3n) is 3.23. The Morgan fingerprint density at radius 1 is 1.28 bits per heavy atom. The van der Waals surface area contributed by atoms with Crippen molar-refractivity contribution in [2.45, 2.75) is 30.5 Å². The van der Waals surface area contributed by atoms with Crippen LogP contribution >= 0.6 is 11.6 Å². The Hall–Kier alpha value is -0.580. The predicted octanol–water partition coefficient (Wildman–Crippen LogP) is 2.85. The van der Waals surface area contributed by atoms with Crippen LogP contribution in [-0.2, 0) is 15.9 Å². The van der Waals surface area contributed by atoms with Crippen LogP contribution in [0.5, 0.6) is 0 Å². The lowest BCUT2D eigenvalue weighted by atomic mass is 10.2. The molecule has 0 atom stereocenters. The second-order valence-corrected chi connectivity index (χ2v) is 6.88. The van der Waals surface area contributed by atoms with Gasteiger partial charge in [0.05, 0.1) is 4.90 Å². The van der Waals surface area contributed by atoms with Gasteiger partial charge in [-0.25, -0.2) is 8.42 Å². The summed E-state index contributed by atoms with van der Waals surface area (Å²) in [7, 11) is -3.34. The second-order valence-electron chi connectivity index (χ2n) is 4.68. The Labute approximate surface area is 114 Å². The quantitative estimate of drug-likeness (QED) is 0.755. The van der Waals surface area contributed by atoms with E-state index in [4.69, 9.17) is 11.6 Å². The van der Waals surface area contributed by atoms with Gasteiger partial charge in [0, 0.05) is 19.0 Å². The summed E-state index contributed by atoms with van der Waals surface area (Å²) in [5.74, 6) is 0.960. The molecule has 1 saturated carbocycles. The Morgan fingerprint density at radius 2 is 1.89 bits per heavy atom. The summed E-state index contributed by atoms with van der Waals surface area (Å²) in [5.41, 5.74) is 0.931. The van der Waals surface area contributed by atoms with Crippen molar-refractivity contribution in [2.24, 2.45) is 5.92 Å². The molecule has 1 aliphatic carbocycles. The van der Waals surface area contributed by atoms with Crippen molar-refractivity contribution < 1.29 is 8.42 Å². The van der Waals surface area contributed by atoms with Crippen LogP contribution in [0.25, 0.3) is 0 Å². The van der Waals surface area contributed by atoms with E-state index in [1.807, 2.05) is 6.92 Å². The number of hydrogen-bond donors (Lipinski definition) is 0. The fraction of sp³-hybridized carbons (Fsp3) is 0.538. The molecule has 100 valence electrons. The molecule has 1 fully saturated rings. The third kappa shape index (κ3) is 3.05. The fourth-order valence-electron chi connectivity index (χ4n) is 1.89. The van der Waals surface area contributed by atoms with E-state index in [9.17, 15) is 8.42 Å². The molecule has 0 unspecified atom stereocenters. The highest BCUT2D eigenvalue weighted by Crippen LogP contribution is 2.31. The maximum absolute atomic E-state index is 12.4. The van der Waals surface area contributed by atoms with E-state index in [0.29, 0.717) is 29.8 Å². The van der Waals surface area contributed by atoms with Gasteiger partial charge in [0.2, 0.25) is 10.0 Å². The smallest absolute Gasteiger partial charge is 0.207 e. The highest BCUT2D eigenvalue weighted by Gasteiger charge is 2.30. The molecule has 5 heteroatoms. The SMILES string of the molecule is CCN(CC1CC1)S(=O)(=O)c1ccc(CCl)cc1. The molecule has 0 spiro atoms. The van der Waals surface area contributed by atoms with E-state index in [0.717, 1.165) is 18.4 Å². The summed E-state index contributed by atoms with van der Waals surface area (Å²) in [4.78, 5) is 0.360. The molecule has 3 nitrogen and oxygen atoms in total. The number of hydrogen-bond acceptors (Lipinski definition) is 2. The summed E-state index contributed by atoms with van der Waals surface area (Å²) in [6.45, 7) is 3.05. The van der Waals surface area contributed by atoms with Crippen LogP contribution in [0.15, 0.2) is 29.2 Å². The Bertz CT molecular complexity index is 494. The number of alkyl halides is 1. The van der Waals surface area contributed by atoms with Gasteiger partial charge in [0.25, 0.3) is 0 Å². The van der Waals surface area contributed by atoms with Crippen LogP contribution in [0.4, 0.5) is 0 Å². The highest BCUT2D eigenvalue weighted by atomic mass is 35.5. The molecule has 18 heavy (non-hydrogen) atoms. The number of benzene rings is 1. The molecular weight excluding hydrogens is 270 g/mol. The first-order valence-corrected chi connectivity index (χ1v) is 8.20. The van der Waals surface area contributed by atoms with Crippen molar-refractivity contribution in [1.82, 2.24) is 4.31 Å². The molecule has 1 aromatic carbocycles. The maximum Gasteiger partial charge on any atom is 0.243 e. The zero-order valence-corrected chi connectivity index (χ0v) is 12.0. The van der Waals surface area contributed by atoms with E-state index in [1.165, 1.54) is 0 Å². The van der Waals surface area contributed by atoms with Crippen molar-refractivity contribution in [3.63, 3.8) is 0 Å². The normalized spacial score (nSPS) is 16.2. The standard InChI is InChI=1S/C13H18ClNO2S/c1-2-15(10-12-3-4-12)18(16,17)13-7-5-11(9-14)6-8-13/h5-8,12H,2-4,9-10H2,1H3. The Balaban J connectivity index is 2.21. The van der Waals surface area contributed by atoms with Gasteiger partial charge in [-0.1, -0.05) is 19.1 Å². The zero-order valence-electron chi connectivity index (χ0n) is 10.5. The summed E-state index contributed by atoms with van der Waals surface area (Å²) < 4.78 is 26.4. The average Bonchev–Trinajstić information content (AvgIpc) is 3.19. The van der Waals surface area contributed by atoms with Crippen LogP contribution in [0.2, 0.25) is 0 Å². The van der Waals surface area contributed by atoms with Crippen molar-refractivity contribution in [3.8, 4) is 0 Å². The lowest BCUT2D eigenvalue weighted by molar-refractivity contribution is 0.412. The van der Waals surface area contributed by atoms with Crippen LogP contribution in [-0.4, -0.2) is 25.8 Å². The second kappa shape index (κ2) is 5.59. The zero-order chi connectivity index (χ0) is 13.2. The third-order valence-corrected chi connectivity index (χ3v) is 5.49. The van der Waals surface area contributed by atoms with Crippen molar-refractivity contribution in [2.75, 3.05) is 13.1 Å². The number of sulfonamides is 1. The summed E-state index contributed by atoms with van der Waals surface area (Å²) in [6.07, 6.45) is 2.30. The average molecular weight is 288 g/mol. The number of halogens is 1. The minimum absolute atomic E-state index is 0.360. The minimum atomic E-state index is -3.34. The molecule has 0 aliphatic heterocycles. The molecule has 0 aromatic heterocycles. The Morgan fingerprint density at radius 3 is 2.33 bits per heavy atom. The molecule has 0 radical (unpaired) electrons. The van der Waals surface area contributed by atoms with Crippen LogP contribution in [0.1, 0.15) is 25.3 Å². The van der Waals surface area contributed by atoms with Crippen molar-refractivity contribution in [1.29, 1.82) is 0 Å². The topological polar surface area (TPSA) is 37.4 Å². The van der Waals surface area contributed by atoms with Gasteiger partial charge in [-0.05, 0) is 36.5 Å². The molecule has 0 N–H and O–H groups in total. The summed E-state index contributed by atoms with van der Waals surface area (Å²) in [5, 5.41) is 0. The summed E-state index contributed by atoms with van der Waals surface area (Å²) in [6, 6.07) is 6.82. The first-order chi connectivity index (χ1) is 8.57. The maximum atomic E-state index is 12.4. The van der Waals surface area contributed by atoms with E-state index in [1.54, 1.807) is 28.6 Å². The monoisotopic (exact) mass is 287 g/mol. The van der Waals surface area contributed by atoms with Gasteiger partial charge >= 0.3 is 0 Å². The molecule has 2 rings (SSSR count). The van der Waals surface area contributed by atoms with Gasteiger partial charge < -0.3 is 0 Å². The largest absolute Gasteiger partial charge is 0.243 e. The van der Waals surface area contributed by atoms with Crippen LogP contribution in [0.3, 0.4) is 0 Å². The van der Waals surface area contributed by atoms with Gasteiger partial charge in [0.15, 0.2) is 0 Å².